The summed E-state index contributed by atoms with van der Waals surface area (Å²) >= 11 is 1.09. The normalized spacial score (nSPS) is 11.2. The minimum atomic E-state index is -3.84. The summed E-state index contributed by atoms with van der Waals surface area (Å²) < 4.78 is 28.3. The molecule has 0 unspecified atom stereocenters. The minimum absolute atomic E-state index is 0.158. The van der Waals surface area contributed by atoms with Crippen molar-refractivity contribution in [2.45, 2.75) is 11.1 Å². The maximum atomic E-state index is 13.1. The van der Waals surface area contributed by atoms with Gasteiger partial charge in [-0.3, -0.25) is 14.3 Å². The molecule has 3 N–H and O–H groups in total. The summed E-state index contributed by atoms with van der Waals surface area (Å²) in [6.45, 7) is 1.41. The summed E-state index contributed by atoms with van der Waals surface area (Å²) in [6.07, 6.45) is 0. The maximum absolute atomic E-state index is 13.1. The fraction of sp³-hybridized carbons (Fsp3) is 0.0435. The van der Waals surface area contributed by atoms with Crippen LogP contribution in [-0.2, 0) is 14.8 Å². The Labute approximate surface area is 189 Å². The summed E-state index contributed by atoms with van der Waals surface area (Å²) in [5, 5.41) is 8.71. The molecule has 0 bridgehead atoms. The predicted molar refractivity (Wildman–Crippen MR) is 128 cm³/mol. The molecule has 0 aliphatic heterocycles. The molecule has 0 atom stereocenters. The van der Waals surface area contributed by atoms with Crippen molar-refractivity contribution in [2.75, 3.05) is 15.4 Å². The number of hydrogen-bond acceptors (Lipinski definition) is 5. The van der Waals surface area contributed by atoms with E-state index in [1.54, 1.807) is 47.8 Å². The van der Waals surface area contributed by atoms with Gasteiger partial charge < -0.3 is 10.6 Å². The van der Waals surface area contributed by atoms with Crippen molar-refractivity contribution in [2.24, 2.45) is 0 Å². The van der Waals surface area contributed by atoms with E-state index in [1.165, 1.54) is 13.0 Å². The maximum Gasteiger partial charge on any atom is 0.271 e. The number of fused-ring (bicyclic) bond motifs is 1. The molecule has 0 saturated carbocycles. The zero-order valence-corrected chi connectivity index (χ0v) is 18.6. The van der Waals surface area contributed by atoms with Crippen molar-refractivity contribution in [1.29, 1.82) is 0 Å². The first-order chi connectivity index (χ1) is 15.3. The highest BCUT2D eigenvalue weighted by atomic mass is 32.2. The van der Waals surface area contributed by atoms with Crippen molar-refractivity contribution in [3.63, 3.8) is 0 Å². The van der Waals surface area contributed by atoms with E-state index in [-0.39, 0.29) is 21.4 Å². The van der Waals surface area contributed by atoms with Gasteiger partial charge in [-0.25, -0.2) is 8.42 Å². The number of carbonyl (C=O) groups excluding carboxylic acids is 2. The van der Waals surface area contributed by atoms with Crippen LogP contribution in [0.4, 0.5) is 17.1 Å². The van der Waals surface area contributed by atoms with E-state index in [2.05, 4.69) is 15.4 Å². The van der Waals surface area contributed by atoms with Crippen LogP contribution in [0.25, 0.3) is 10.8 Å². The first kappa shape index (κ1) is 21.5. The number of amides is 2. The van der Waals surface area contributed by atoms with Gasteiger partial charge in [-0.1, -0.05) is 30.3 Å². The minimum Gasteiger partial charge on any atom is -0.326 e. The molecule has 7 nitrogen and oxygen atoms in total. The molecule has 2 amide bonds. The van der Waals surface area contributed by atoms with Gasteiger partial charge in [-0.05, 0) is 58.6 Å². The van der Waals surface area contributed by atoms with Gasteiger partial charge in [0.15, 0.2) is 0 Å². The van der Waals surface area contributed by atoms with Gasteiger partial charge in [-0.15, -0.1) is 11.3 Å². The van der Waals surface area contributed by atoms with Gasteiger partial charge in [0.25, 0.3) is 15.9 Å². The lowest BCUT2D eigenvalue weighted by Gasteiger charge is -2.14. The summed E-state index contributed by atoms with van der Waals surface area (Å²) in [4.78, 5) is 24.3. The summed E-state index contributed by atoms with van der Waals surface area (Å²) in [6, 6.07) is 20.5. The van der Waals surface area contributed by atoms with Gasteiger partial charge in [0, 0.05) is 18.3 Å². The van der Waals surface area contributed by atoms with E-state index in [4.69, 9.17) is 0 Å². The molecular formula is C23H19N3O4S2. The van der Waals surface area contributed by atoms with E-state index in [1.807, 2.05) is 24.3 Å². The Morgan fingerprint density at radius 2 is 1.44 bits per heavy atom. The van der Waals surface area contributed by atoms with Crippen molar-refractivity contribution in [1.82, 2.24) is 0 Å². The molecule has 0 spiro atoms. The molecule has 0 aliphatic carbocycles. The Bertz CT molecular complexity index is 1400. The van der Waals surface area contributed by atoms with Crippen LogP contribution in [0.15, 0.2) is 82.4 Å². The molecule has 0 aliphatic rings. The van der Waals surface area contributed by atoms with Crippen LogP contribution in [0.3, 0.4) is 0 Å². The Balaban J connectivity index is 1.68. The molecule has 9 heteroatoms. The molecule has 0 fully saturated rings. The SMILES string of the molecule is CC(=O)Nc1ccc(NC(=O)c2cc3ccccc3cc2NS(=O)(=O)c2cccs2)cc1. The average Bonchev–Trinajstić information content (AvgIpc) is 3.30. The van der Waals surface area contributed by atoms with Crippen LogP contribution >= 0.6 is 11.3 Å². The first-order valence-electron chi connectivity index (χ1n) is 9.60. The number of sulfonamides is 1. The molecule has 1 heterocycles. The summed E-state index contributed by atoms with van der Waals surface area (Å²) in [7, 11) is -3.84. The zero-order valence-electron chi connectivity index (χ0n) is 17.0. The zero-order chi connectivity index (χ0) is 22.7. The lowest BCUT2D eigenvalue weighted by Crippen LogP contribution is -2.18. The third-order valence-corrected chi connectivity index (χ3v) is 7.36. The van der Waals surface area contributed by atoms with Crippen LogP contribution in [0.2, 0.25) is 0 Å². The van der Waals surface area contributed by atoms with E-state index in [0.717, 1.165) is 22.1 Å². The molecule has 1 aromatic heterocycles. The highest BCUT2D eigenvalue weighted by Gasteiger charge is 2.20. The van der Waals surface area contributed by atoms with Gasteiger partial charge in [-0.2, -0.15) is 0 Å². The quantitative estimate of drug-likeness (QED) is 0.376. The predicted octanol–water partition coefficient (Wildman–Crippen LogP) is 4.91. The fourth-order valence-corrected chi connectivity index (χ4v) is 5.23. The van der Waals surface area contributed by atoms with Crippen LogP contribution in [0.5, 0.6) is 0 Å². The molecule has 0 saturated heterocycles. The average molecular weight is 466 g/mol. The Morgan fingerprint density at radius 3 is 2.03 bits per heavy atom. The Kier molecular flexibility index (Phi) is 5.93. The third kappa shape index (κ3) is 4.79. The van der Waals surface area contributed by atoms with E-state index in [9.17, 15) is 18.0 Å². The fourth-order valence-electron chi connectivity index (χ4n) is 3.16. The van der Waals surface area contributed by atoms with Gasteiger partial charge in [0.05, 0.1) is 11.3 Å². The second-order valence-corrected chi connectivity index (χ2v) is 9.85. The smallest absolute Gasteiger partial charge is 0.271 e. The molecule has 4 aromatic rings. The number of rotatable bonds is 6. The molecule has 162 valence electrons. The van der Waals surface area contributed by atoms with E-state index >= 15 is 0 Å². The highest BCUT2D eigenvalue weighted by Crippen LogP contribution is 2.28. The van der Waals surface area contributed by atoms with Crippen LogP contribution in [0, 0.1) is 0 Å². The molecule has 32 heavy (non-hydrogen) atoms. The number of thiophene rings is 1. The summed E-state index contributed by atoms with van der Waals surface area (Å²) in [5.41, 5.74) is 1.48. The number of benzene rings is 3. The number of carbonyl (C=O) groups is 2. The van der Waals surface area contributed by atoms with Gasteiger partial charge >= 0.3 is 0 Å². The Hall–Kier alpha value is -3.69. The molecular weight excluding hydrogens is 446 g/mol. The molecule has 0 radical (unpaired) electrons. The van der Waals surface area contributed by atoms with Crippen LogP contribution in [0.1, 0.15) is 17.3 Å². The van der Waals surface area contributed by atoms with Crippen LogP contribution < -0.4 is 15.4 Å². The lowest BCUT2D eigenvalue weighted by atomic mass is 10.0. The van der Waals surface area contributed by atoms with E-state index in [0.29, 0.717) is 11.4 Å². The second kappa shape index (κ2) is 8.81. The summed E-state index contributed by atoms with van der Waals surface area (Å²) in [5.74, 6) is -0.660. The highest BCUT2D eigenvalue weighted by molar-refractivity contribution is 7.94. The standard InChI is InChI=1S/C23H19N3O4S2/c1-15(27)24-18-8-10-19(11-9-18)25-23(28)20-13-16-5-2-3-6-17(16)14-21(20)26-32(29,30)22-7-4-12-31-22/h2-14,26H,1H3,(H,24,27)(H,25,28). The van der Waals surface area contributed by atoms with Gasteiger partial charge in [0.2, 0.25) is 5.91 Å². The monoisotopic (exact) mass is 465 g/mol. The Morgan fingerprint density at radius 1 is 0.812 bits per heavy atom. The number of nitrogens with one attached hydrogen (secondary N) is 3. The van der Waals surface area contributed by atoms with Crippen molar-refractivity contribution >= 4 is 61.0 Å². The van der Waals surface area contributed by atoms with Crippen molar-refractivity contribution in [3.05, 3.63) is 83.7 Å². The lowest BCUT2D eigenvalue weighted by molar-refractivity contribution is -0.114. The third-order valence-electron chi connectivity index (χ3n) is 4.60. The van der Waals surface area contributed by atoms with Crippen molar-refractivity contribution < 1.29 is 18.0 Å². The van der Waals surface area contributed by atoms with E-state index < -0.39 is 15.9 Å². The number of hydrogen-bond donors (Lipinski definition) is 3. The topological polar surface area (TPSA) is 104 Å². The second-order valence-electron chi connectivity index (χ2n) is 7.00. The van der Waals surface area contributed by atoms with Crippen molar-refractivity contribution in [3.8, 4) is 0 Å². The molecule has 4 rings (SSSR count). The van der Waals surface area contributed by atoms with Crippen LogP contribution in [-0.4, -0.2) is 20.2 Å². The first-order valence-corrected chi connectivity index (χ1v) is 12.0. The number of anilines is 3. The molecule has 3 aromatic carbocycles. The largest absolute Gasteiger partial charge is 0.326 e. The van der Waals surface area contributed by atoms with Gasteiger partial charge in [0.1, 0.15) is 4.21 Å².